The molecular weight excluding hydrogens is 428 g/mol. The molecule has 0 aliphatic carbocycles. The molecule has 1 aromatic carbocycles. The van der Waals surface area contributed by atoms with Gasteiger partial charge in [0.15, 0.2) is 9.84 Å². The minimum absolute atomic E-state index is 0.0290. The van der Waals surface area contributed by atoms with Gasteiger partial charge in [0.05, 0.1) is 16.7 Å². The van der Waals surface area contributed by atoms with Gasteiger partial charge in [-0.2, -0.15) is 0 Å². The predicted molar refractivity (Wildman–Crippen MR) is 111 cm³/mol. The molecule has 1 saturated heterocycles. The van der Waals surface area contributed by atoms with E-state index in [0.717, 1.165) is 11.0 Å². The van der Waals surface area contributed by atoms with Crippen molar-refractivity contribution in [2.24, 2.45) is 0 Å². The molecule has 1 N–H and O–H groups in total. The molecule has 2 aliphatic rings. The maximum absolute atomic E-state index is 12.5. The number of thioether (sulfide) groups is 1. The van der Waals surface area contributed by atoms with Crippen molar-refractivity contribution in [2.45, 2.75) is 12.5 Å². The van der Waals surface area contributed by atoms with Crippen LogP contribution in [0.5, 0.6) is 0 Å². The fraction of sp³-hybridized carbons (Fsp3) is 0.235. The van der Waals surface area contributed by atoms with Crippen LogP contribution in [0.25, 0.3) is 6.08 Å². The van der Waals surface area contributed by atoms with Crippen LogP contribution in [0, 0.1) is 0 Å². The third-order valence-corrected chi connectivity index (χ3v) is 6.87. The molecule has 1 atom stereocenters. The highest BCUT2D eigenvalue weighted by molar-refractivity contribution is 8.26. The quantitative estimate of drug-likeness (QED) is 0.556. The van der Waals surface area contributed by atoms with E-state index in [0.29, 0.717) is 14.2 Å². The number of thiocarbonyl (C=S) groups is 1. The first-order chi connectivity index (χ1) is 12.7. The van der Waals surface area contributed by atoms with Crippen molar-refractivity contribution >= 4 is 67.6 Å². The lowest BCUT2D eigenvalue weighted by molar-refractivity contribution is -0.124. The average molecular weight is 443 g/mol. The summed E-state index contributed by atoms with van der Waals surface area (Å²) in [5.74, 6) is -0.738. The van der Waals surface area contributed by atoms with E-state index < -0.39 is 15.9 Å². The Bertz CT molecular complexity index is 972. The molecule has 2 heterocycles. The van der Waals surface area contributed by atoms with Crippen LogP contribution in [0.2, 0.25) is 5.02 Å². The fourth-order valence-electron chi connectivity index (χ4n) is 2.60. The topological polar surface area (TPSA) is 83.6 Å². The van der Waals surface area contributed by atoms with Gasteiger partial charge in [0.25, 0.3) is 5.91 Å². The second-order valence-corrected chi connectivity index (χ2v) is 10.0. The smallest absolute Gasteiger partial charge is 0.266 e. The number of hydrogen-bond donors (Lipinski definition) is 1. The lowest BCUT2D eigenvalue weighted by Crippen LogP contribution is -2.38. The summed E-state index contributed by atoms with van der Waals surface area (Å²) in [6, 6.07) is 6.57. The Morgan fingerprint density at radius 1 is 1.44 bits per heavy atom. The van der Waals surface area contributed by atoms with E-state index in [2.05, 4.69) is 5.32 Å². The predicted octanol–water partition coefficient (Wildman–Crippen LogP) is 2.36. The van der Waals surface area contributed by atoms with Crippen LogP contribution in [0.4, 0.5) is 0 Å². The zero-order chi connectivity index (χ0) is 19.6. The van der Waals surface area contributed by atoms with E-state index in [9.17, 15) is 18.0 Å². The Morgan fingerprint density at radius 2 is 2.22 bits per heavy atom. The molecule has 0 spiro atoms. The zero-order valence-electron chi connectivity index (χ0n) is 13.9. The van der Waals surface area contributed by atoms with Gasteiger partial charge < -0.3 is 5.32 Å². The van der Waals surface area contributed by atoms with Gasteiger partial charge >= 0.3 is 0 Å². The molecule has 1 unspecified atom stereocenters. The van der Waals surface area contributed by atoms with Crippen LogP contribution >= 0.6 is 35.6 Å². The Morgan fingerprint density at radius 3 is 2.89 bits per heavy atom. The molecule has 1 fully saturated rings. The van der Waals surface area contributed by atoms with Gasteiger partial charge in [-0.3, -0.25) is 14.5 Å². The summed E-state index contributed by atoms with van der Waals surface area (Å²) in [5, 5.41) is 4.29. The van der Waals surface area contributed by atoms with Crippen molar-refractivity contribution in [3.8, 4) is 0 Å². The first-order valence-electron chi connectivity index (χ1n) is 7.95. The maximum Gasteiger partial charge on any atom is 0.266 e. The summed E-state index contributed by atoms with van der Waals surface area (Å²) in [4.78, 5) is 26.4. The van der Waals surface area contributed by atoms with Crippen LogP contribution in [-0.2, 0) is 19.4 Å². The first kappa shape index (κ1) is 20.1. The van der Waals surface area contributed by atoms with Crippen molar-refractivity contribution in [1.29, 1.82) is 0 Å². The van der Waals surface area contributed by atoms with Crippen LogP contribution in [0.15, 0.2) is 40.7 Å². The Hall–Kier alpha value is -1.68. The average Bonchev–Trinajstić information content (AvgIpc) is 3.05. The van der Waals surface area contributed by atoms with Gasteiger partial charge in [-0.1, -0.05) is 47.7 Å². The summed E-state index contributed by atoms with van der Waals surface area (Å²) in [5.41, 5.74) is 0.787. The molecule has 0 bridgehead atoms. The number of amides is 2. The number of nitrogens with one attached hydrogen (secondary N) is 1. The number of rotatable bonds is 5. The van der Waals surface area contributed by atoms with Gasteiger partial charge in [0.1, 0.15) is 4.32 Å². The number of hydrogen-bond acceptors (Lipinski definition) is 6. The van der Waals surface area contributed by atoms with E-state index in [1.54, 1.807) is 24.3 Å². The van der Waals surface area contributed by atoms with Gasteiger partial charge in [-0.25, -0.2) is 8.42 Å². The van der Waals surface area contributed by atoms with Crippen molar-refractivity contribution < 1.29 is 18.0 Å². The fourth-order valence-corrected chi connectivity index (χ4v) is 5.34. The minimum Gasteiger partial charge on any atom is -0.349 e. The number of nitrogens with zero attached hydrogens (tertiary/aromatic N) is 1. The van der Waals surface area contributed by atoms with Gasteiger partial charge in [-0.15, -0.1) is 0 Å². The lowest BCUT2D eigenvalue weighted by atomic mass is 10.2. The molecule has 3 rings (SSSR count). The summed E-state index contributed by atoms with van der Waals surface area (Å²) < 4.78 is 23.1. The third kappa shape index (κ3) is 5.19. The minimum atomic E-state index is -3.23. The van der Waals surface area contributed by atoms with Crippen LogP contribution in [-0.4, -0.2) is 47.8 Å². The summed E-state index contributed by atoms with van der Waals surface area (Å²) in [7, 11) is -3.23. The first-order valence-corrected chi connectivity index (χ1v) is 11.3. The number of carbonyl (C=O) groups excluding carboxylic acids is 2. The molecule has 0 aromatic heterocycles. The second kappa shape index (κ2) is 8.14. The van der Waals surface area contributed by atoms with Gasteiger partial charge in [0.2, 0.25) is 5.91 Å². The van der Waals surface area contributed by atoms with E-state index in [-0.39, 0.29) is 30.5 Å². The number of halogens is 1. The highest BCUT2D eigenvalue weighted by atomic mass is 35.5. The third-order valence-electron chi connectivity index (χ3n) is 3.86. The van der Waals surface area contributed by atoms with Gasteiger partial charge in [-0.05, 0) is 29.8 Å². The van der Waals surface area contributed by atoms with E-state index in [4.69, 9.17) is 23.8 Å². The van der Waals surface area contributed by atoms with Crippen molar-refractivity contribution in [3.05, 3.63) is 51.2 Å². The molecule has 2 aliphatic heterocycles. The van der Waals surface area contributed by atoms with Crippen molar-refractivity contribution in [2.75, 3.05) is 12.3 Å². The van der Waals surface area contributed by atoms with Crippen molar-refractivity contribution in [3.63, 3.8) is 0 Å². The largest absolute Gasteiger partial charge is 0.349 e. The summed E-state index contributed by atoms with van der Waals surface area (Å²) in [6.07, 6.45) is 3.18. The SMILES string of the molecule is O=C(CCN1C(=O)/C(=C/c2cccc(Cl)c2)SC1=S)NC1C=CS(=O)(=O)C1. The highest BCUT2D eigenvalue weighted by Gasteiger charge is 2.32. The maximum atomic E-state index is 12.5. The summed E-state index contributed by atoms with van der Waals surface area (Å²) >= 11 is 12.4. The highest BCUT2D eigenvalue weighted by Crippen LogP contribution is 2.32. The van der Waals surface area contributed by atoms with E-state index >= 15 is 0 Å². The lowest BCUT2D eigenvalue weighted by Gasteiger charge is -2.15. The number of carbonyl (C=O) groups is 2. The zero-order valence-corrected chi connectivity index (χ0v) is 17.1. The van der Waals surface area contributed by atoms with Crippen LogP contribution in [0.1, 0.15) is 12.0 Å². The normalized spacial score (nSPS) is 22.6. The molecule has 142 valence electrons. The molecular formula is C17H15ClN2O4S3. The standard InChI is InChI=1S/C17H15ClN2O4S3/c18-12-3-1-2-11(8-12)9-14-16(22)20(17(25)26-14)6-4-15(21)19-13-5-7-27(23,24)10-13/h1-3,5,7-9,13H,4,6,10H2,(H,19,21)/b14-9-. The second-order valence-electron chi connectivity index (χ2n) is 5.97. The molecule has 1 aromatic rings. The monoisotopic (exact) mass is 442 g/mol. The molecule has 0 radical (unpaired) electrons. The Balaban J connectivity index is 1.58. The van der Waals surface area contributed by atoms with Crippen LogP contribution < -0.4 is 5.32 Å². The van der Waals surface area contributed by atoms with Crippen molar-refractivity contribution in [1.82, 2.24) is 10.2 Å². The van der Waals surface area contributed by atoms with Gasteiger partial charge in [0, 0.05) is 23.4 Å². The molecule has 2 amide bonds. The van der Waals surface area contributed by atoms with E-state index in [1.807, 2.05) is 6.07 Å². The molecule has 10 heteroatoms. The molecule has 27 heavy (non-hydrogen) atoms. The van der Waals surface area contributed by atoms with Crippen LogP contribution in [0.3, 0.4) is 0 Å². The number of benzene rings is 1. The Labute approximate surface area is 171 Å². The summed E-state index contributed by atoms with van der Waals surface area (Å²) in [6.45, 7) is 0.132. The molecule has 6 nitrogen and oxygen atoms in total. The Kier molecular flexibility index (Phi) is 6.05. The molecule has 0 saturated carbocycles. The van der Waals surface area contributed by atoms with E-state index in [1.165, 1.54) is 22.7 Å². The number of sulfone groups is 1.